The molecule has 184 valence electrons. The van der Waals surface area contributed by atoms with E-state index in [4.69, 9.17) is 4.74 Å². The molecule has 0 aliphatic carbocycles. The van der Waals surface area contributed by atoms with Crippen LogP contribution in [-0.4, -0.2) is 47.8 Å². The predicted octanol–water partition coefficient (Wildman–Crippen LogP) is 5.56. The van der Waals surface area contributed by atoms with Crippen LogP contribution >= 0.6 is 0 Å². The maximum atomic E-state index is 14.0. The SMILES string of the molecule is COC(c1ccccc1)(c1ccccc1)[C@@H]1CCCN1/N=C/C(O)(Cc1ccccc1)C(F)(F)F. The number of benzene rings is 3. The van der Waals surface area contributed by atoms with Crippen molar-refractivity contribution < 1.29 is 23.0 Å². The molecule has 0 spiro atoms. The van der Waals surface area contributed by atoms with Gasteiger partial charge in [0.15, 0.2) is 0 Å². The Bertz CT molecular complexity index is 1070. The first kappa shape index (κ1) is 24.9. The molecule has 3 aromatic carbocycles. The van der Waals surface area contributed by atoms with Gasteiger partial charge in [0.05, 0.1) is 12.3 Å². The average molecular weight is 483 g/mol. The van der Waals surface area contributed by atoms with E-state index in [1.807, 2.05) is 60.7 Å². The lowest BCUT2D eigenvalue weighted by Gasteiger charge is -2.42. The fourth-order valence-corrected chi connectivity index (χ4v) is 4.89. The molecule has 1 aliphatic heterocycles. The summed E-state index contributed by atoms with van der Waals surface area (Å²) in [4.78, 5) is 0. The summed E-state index contributed by atoms with van der Waals surface area (Å²) in [5, 5.41) is 16.6. The molecule has 4 rings (SSSR count). The quantitative estimate of drug-likeness (QED) is 0.428. The maximum Gasteiger partial charge on any atom is 0.422 e. The van der Waals surface area contributed by atoms with Crippen LogP contribution in [0.1, 0.15) is 29.5 Å². The van der Waals surface area contributed by atoms with Crippen LogP contribution in [0.25, 0.3) is 0 Å². The molecule has 0 aromatic heterocycles. The summed E-state index contributed by atoms with van der Waals surface area (Å²) in [5.41, 5.74) is -1.91. The first-order valence-electron chi connectivity index (χ1n) is 11.6. The van der Waals surface area contributed by atoms with Crippen molar-refractivity contribution in [2.45, 2.75) is 42.7 Å². The van der Waals surface area contributed by atoms with Gasteiger partial charge in [-0.25, -0.2) is 0 Å². The summed E-state index contributed by atoms with van der Waals surface area (Å²) in [6, 6.07) is 27.1. The largest absolute Gasteiger partial charge is 0.422 e. The zero-order valence-electron chi connectivity index (χ0n) is 19.5. The number of rotatable bonds is 8. The summed E-state index contributed by atoms with van der Waals surface area (Å²) in [7, 11) is 1.61. The van der Waals surface area contributed by atoms with E-state index in [-0.39, 0.29) is 6.04 Å². The van der Waals surface area contributed by atoms with E-state index in [9.17, 15) is 18.3 Å². The van der Waals surface area contributed by atoms with Gasteiger partial charge in [0.25, 0.3) is 0 Å². The Hall–Kier alpha value is -3.16. The van der Waals surface area contributed by atoms with Gasteiger partial charge >= 0.3 is 6.18 Å². The third kappa shape index (κ3) is 4.97. The van der Waals surface area contributed by atoms with Gasteiger partial charge in [-0.1, -0.05) is 91.0 Å². The van der Waals surface area contributed by atoms with E-state index < -0.39 is 23.8 Å². The molecule has 0 amide bonds. The summed E-state index contributed by atoms with van der Waals surface area (Å²) < 4.78 is 48.2. The van der Waals surface area contributed by atoms with Crippen LogP contribution in [0.3, 0.4) is 0 Å². The fourth-order valence-electron chi connectivity index (χ4n) is 4.89. The summed E-state index contributed by atoms with van der Waals surface area (Å²) in [6.07, 6.45) is -3.46. The second-order valence-electron chi connectivity index (χ2n) is 8.82. The van der Waals surface area contributed by atoms with Crippen LogP contribution in [0.4, 0.5) is 13.2 Å². The number of aliphatic hydroxyl groups is 1. The molecule has 0 saturated carbocycles. The molecular weight excluding hydrogens is 453 g/mol. The van der Waals surface area contributed by atoms with E-state index in [1.54, 1.807) is 42.5 Å². The Kier molecular flexibility index (Phi) is 7.28. The van der Waals surface area contributed by atoms with Gasteiger partial charge in [0.1, 0.15) is 5.60 Å². The van der Waals surface area contributed by atoms with Crippen molar-refractivity contribution in [1.82, 2.24) is 5.01 Å². The van der Waals surface area contributed by atoms with E-state index in [1.165, 1.54) is 0 Å². The van der Waals surface area contributed by atoms with Crippen molar-refractivity contribution in [3.8, 4) is 0 Å². The highest BCUT2D eigenvalue weighted by atomic mass is 19.4. The van der Waals surface area contributed by atoms with Gasteiger partial charge in [-0.05, 0) is 29.5 Å². The number of ether oxygens (including phenoxy) is 1. The fraction of sp³-hybridized carbons (Fsp3) is 0.321. The number of alkyl halides is 3. The van der Waals surface area contributed by atoms with Crippen molar-refractivity contribution in [1.29, 1.82) is 0 Å². The number of hydrazone groups is 1. The molecule has 1 aliphatic rings. The number of hydrogen-bond acceptors (Lipinski definition) is 4. The van der Waals surface area contributed by atoms with Gasteiger partial charge in [0.2, 0.25) is 5.60 Å². The Balaban J connectivity index is 1.73. The highest BCUT2D eigenvalue weighted by Crippen LogP contribution is 2.43. The first-order chi connectivity index (χ1) is 16.8. The standard InChI is InChI=1S/C28H29F3N2O2/c1-35-27(23-14-7-3-8-15-23,24-16-9-4-10-17-24)25-18-11-19-33(25)32-21-26(34,28(29,30)31)20-22-12-5-2-6-13-22/h2-10,12-17,21,25,34H,11,18-20H2,1H3/b32-21+/t25-,26?/m0/s1. The maximum absolute atomic E-state index is 14.0. The molecule has 3 aromatic rings. The molecule has 2 atom stereocenters. The van der Waals surface area contributed by atoms with Crippen LogP contribution in [0.5, 0.6) is 0 Å². The van der Waals surface area contributed by atoms with Crippen LogP contribution in [0, 0.1) is 0 Å². The van der Waals surface area contributed by atoms with E-state index >= 15 is 0 Å². The molecule has 1 fully saturated rings. The highest BCUT2D eigenvalue weighted by Gasteiger charge is 2.53. The lowest BCUT2D eigenvalue weighted by Crippen LogP contribution is -2.51. The number of hydrogen-bond donors (Lipinski definition) is 1. The molecule has 35 heavy (non-hydrogen) atoms. The Morgan fingerprint density at radius 1 is 0.914 bits per heavy atom. The predicted molar refractivity (Wildman–Crippen MR) is 130 cm³/mol. The minimum atomic E-state index is -4.89. The summed E-state index contributed by atoms with van der Waals surface area (Å²) in [5.74, 6) is 0. The van der Waals surface area contributed by atoms with Crippen molar-refractivity contribution in [3.63, 3.8) is 0 Å². The lowest BCUT2D eigenvalue weighted by molar-refractivity contribution is -0.228. The third-order valence-electron chi connectivity index (χ3n) is 6.65. The summed E-state index contributed by atoms with van der Waals surface area (Å²) >= 11 is 0. The molecule has 4 nitrogen and oxygen atoms in total. The number of halogens is 3. The van der Waals surface area contributed by atoms with E-state index in [2.05, 4.69) is 5.10 Å². The lowest BCUT2D eigenvalue weighted by atomic mass is 9.79. The molecule has 0 radical (unpaired) electrons. The normalized spacial score (nSPS) is 18.7. The van der Waals surface area contributed by atoms with E-state index in [0.29, 0.717) is 24.7 Å². The van der Waals surface area contributed by atoms with Crippen LogP contribution < -0.4 is 0 Å². The third-order valence-corrected chi connectivity index (χ3v) is 6.65. The highest BCUT2D eigenvalue weighted by molar-refractivity contribution is 5.70. The van der Waals surface area contributed by atoms with Crippen molar-refractivity contribution in [3.05, 3.63) is 108 Å². The zero-order chi connectivity index (χ0) is 24.9. The smallest absolute Gasteiger partial charge is 0.375 e. The van der Waals surface area contributed by atoms with Gasteiger partial charge in [-0.2, -0.15) is 18.3 Å². The molecule has 1 unspecified atom stereocenters. The summed E-state index contributed by atoms with van der Waals surface area (Å²) in [6.45, 7) is 0.450. The molecule has 1 N–H and O–H groups in total. The topological polar surface area (TPSA) is 45.1 Å². The van der Waals surface area contributed by atoms with Crippen LogP contribution in [0.2, 0.25) is 0 Å². The van der Waals surface area contributed by atoms with Gasteiger partial charge in [-0.15, -0.1) is 0 Å². The van der Waals surface area contributed by atoms with Crippen LogP contribution in [0.15, 0.2) is 96.1 Å². The molecule has 0 bridgehead atoms. The van der Waals surface area contributed by atoms with Gasteiger partial charge in [0, 0.05) is 20.1 Å². The zero-order valence-corrected chi connectivity index (χ0v) is 19.5. The molecule has 7 heteroatoms. The average Bonchev–Trinajstić information content (AvgIpc) is 3.34. The van der Waals surface area contributed by atoms with Gasteiger partial charge < -0.3 is 9.84 Å². The van der Waals surface area contributed by atoms with Crippen molar-refractivity contribution >= 4 is 6.21 Å². The van der Waals surface area contributed by atoms with Crippen LogP contribution in [-0.2, 0) is 16.8 Å². The minimum Gasteiger partial charge on any atom is -0.375 e. The Morgan fingerprint density at radius 3 is 1.91 bits per heavy atom. The molecule has 1 saturated heterocycles. The Morgan fingerprint density at radius 2 is 1.43 bits per heavy atom. The number of nitrogens with zero attached hydrogens (tertiary/aromatic N) is 2. The monoisotopic (exact) mass is 482 g/mol. The molecular formula is C28H29F3N2O2. The van der Waals surface area contributed by atoms with Crippen molar-refractivity contribution in [2.24, 2.45) is 5.10 Å². The second kappa shape index (κ2) is 10.2. The van der Waals surface area contributed by atoms with Crippen molar-refractivity contribution in [2.75, 3.05) is 13.7 Å². The van der Waals surface area contributed by atoms with E-state index in [0.717, 1.165) is 17.5 Å². The number of methoxy groups -OCH3 is 1. The van der Waals surface area contributed by atoms with Gasteiger partial charge in [-0.3, -0.25) is 5.01 Å². The molecule has 1 heterocycles. The minimum absolute atomic E-state index is 0.372. The Labute approximate surface area is 203 Å². The second-order valence-corrected chi connectivity index (χ2v) is 8.82. The first-order valence-corrected chi connectivity index (χ1v) is 11.6.